The fourth-order valence-corrected chi connectivity index (χ4v) is 3.48. The third-order valence-corrected chi connectivity index (χ3v) is 5.06. The fraction of sp³-hybridized carbons (Fsp3) is 0.471. The van der Waals surface area contributed by atoms with Crippen molar-refractivity contribution in [2.75, 3.05) is 12.3 Å². The molecular formula is C17H19F3N2O3S. The number of hydrogen-bond donors (Lipinski definition) is 1. The van der Waals surface area contributed by atoms with Crippen LogP contribution < -0.4 is 5.32 Å². The molecule has 0 spiro atoms. The summed E-state index contributed by atoms with van der Waals surface area (Å²) in [7, 11) is 0. The molecule has 1 N–H and O–H groups in total. The third-order valence-electron chi connectivity index (χ3n) is 4.00. The zero-order chi connectivity index (χ0) is 19.2. The third kappa shape index (κ3) is 6.05. The molecule has 0 aromatic heterocycles. The lowest BCUT2D eigenvalue weighted by Crippen LogP contribution is -2.26. The minimum atomic E-state index is -4.65. The van der Waals surface area contributed by atoms with E-state index in [1.165, 1.54) is 12.0 Å². The van der Waals surface area contributed by atoms with E-state index in [2.05, 4.69) is 11.4 Å². The number of thioether (sulfide) groups is 1. The Kier molecular flexibility index (Phi) is 7.07. The molecule has 0 saturated carbocycles. The Labute approximate surface area is 153 Å². The van der Waals surface area contributed by atoms with Crippen LogP contribution in [-0.2, 0) is 11.0 Å². The van der Waals surface area contributed by atoms with Crippen molar-refractivity contribution in [1.29, 1.82) is 0 Å². The molecular weight excluding hydrogens is 369 g/mol. The molecule has 0 fully saturated rings. The van der Waals surface area contributed by atoms with E-state index in [4.69, 9.17) is 0 Å². The SMILES string of the molecule is O=C(CSc1ccc(C(F)(F)F)cc1[N+](=O)[O-])NCCC1=CCCCC1. The van der Waals surface area contributed by atoms with Gasteiger partial charge in [-0.25, -0.2) is 0 Å². The lowest BCUT2D eigenvalue weighted by Gasteiger charge is -2.13. The summed E-state index contributed by atoms with van der Waals surface area (Å²) in [5.74, 6) is -0.397. The molecule has 0 saturated heterocycles. The molecule has 1 aliphatic rings. The minimum absolute atomic E-state index is 0.0353. The van der Waals surface area contributed by atoms with Gasteiger partial charge in [-0.3, -0.25) is 14.9 Å². The summed E-state index contributed by atoms with van der Waals surface area (Å²) in [5, 5.41) is 13.7. The Morgan fingerprint density at radius 3 is 2.69 bits per heavy atom. The first-order valence-corrected chi connectivity index (χ1v) is 9.19. The van der Waals surface area contributed by atoms with Gasteiger partial charge < -0.3 is 5.32 Å². The van der Waals surface area contributed by atoms with Crippen molar-refractivity contribution >= 4 is 23.4 Å². The number of carbonyl (C=O) groups excluding carboxylic acids is 1. The number of allylic oxidation sites excluding steroid dienone is 1. The lowest BCUT2D eigenvalue weighted by molar-refractivity contribution is -0.388. The van der Waals surface area contributed by atoms with E-state index in [1.54, 1.807) is 0 Å². The molecule has 1 aromatic rings. The molecule has 0 bridgehead atoms. The second-order valence-electron chi connectivity index (χ2n) is 5.93. The molecule has 0 unspecified atom stereocenters. The zero-order valence-corrected chi connectivity index (χ0v) is 14.8. The number of benzene rings is 1. The molecule has 0 heterocycles. The highest BCUT2D eigenvalue weighted by Crippen LogP contribution is 2.36. The van der Waals surface area contributed by atoms with E-state index in [0.29, 0.717) is 12.6 Å². The van der Waals surface area contributed by atoms with Crippen LogP contribution in [0.25, 0.3) is 0 Å². The van der Waals surface area contributed by atoms with Gasteiger partial charge in [0, 0.05) is 12.6 Å². The highest BCUT2D eigenvalue weighted by Gasteiger charge is 2.33. The van der Waals surface area contributed by atoms with E-state index < -0.39 is 22.4 Å². The number of nitro groups is 1. The fourth-order valence-electron chi connectivity index (χ4n) is 2.65. The largest absolute Gasteiger partial charge is 0.416 e. The normalized spacial score (nSPS) is 14.7. The maximum atomic E-state index is 12.7. The van der Waals surface area contributed by atoms with Crippen LogP contribution in [0.1, 0.15) is 37.7 Å². The van der Waals surface area contributed by atoms with Gasteiger partial charge in [-0.1, -0.05) is 11.6 Å². The van der Waals surface area contributed by atoms with Crippen molar-refractivity contribution in [2.45, 2.75) is 43.2 Å². The second-order valence-corrected chi connectivity index (χ2v) is 6.95. The van der Waals surface area contributed by atoms with Gasteiger partial charge in [0.05, 0.1) is 21.1 Å². The monoisotopic (exact) mass is 388 g/mol. The first-order valence-electron chi connectivity index (χ1n) is 8.20. The van der Waals surface area contributed by atoms with Crippen molar-refractivity contribution in [3.05, 3.63) is 45.5 Å². The number of rotatable bonds is 7. The highest BCUT2D eigenvalue weighted by atomic mass is 32.2. The quantitative estimate of drug-likeness (QED) is 0.318. The molecule has 1 aliphatic carbocycles. The molecule has 1 aromatic carbocycles. The van der Waals surface area contributed by atoms with Gasteiger partial charge in [0.25, 0.3) is 5.69 Å². The zero-order valence-electron chi connectivity index (χ0n) is 14.0. The molecule has 1 amide bonds. The summed E-state index contributed by atoms with van der Waals surface area (Å²) < 4.78 is 38.0. The average molecular weight is 388 g/mol. The standard InChI is InChI=1S/C17H19F3N2O3S/c18-17(19,20)13-6-7-15(14(10-13)22(24)25)26-11-16(23)21-9-8-12-4-2-1-3-5-12/h4,6-7,10H,1-3,5,8-9,11H2,(H,21,23). The van der Waals surface area contributed by atoms with E-state index in [9.17, 15) is 28.1 Å². The number of alkyl halides is 3. The predicted octanol–water partition coefficient (Wildman–Crippen LogP) is 4.71. The Balaban J connectivity index is 1.88. The molecule has 0 radical (unpaired) electrons. The number of nitro benzene ring substituents is 1. The van der Waals surface area contributed by atoms with Crippen LogP contribution in [0.5, 0.6) is 0 Å². The number of amides is 1. The number of halogens is 3. The summed E-state index contributed by atoms with van der Waals surface area (Å²) >= 11 is 0.853. The van der Waals surface area contributed by atoms with E-state index in [-0.39, 0.29) is 16.6 Å². The summed E-state index contributed by atoms with van der Waals surface area (Å²) in [5.41, 5.74) is -0.411. The predicted molar refractivity (Wildman–Crippen MR) is 93.0 cm³/mol. The van der Waals surface area contributed by atoms with Crippen LogP contribution in [0.3, 0.4) is 0 Å². The van der Waals surface area contributed by atoms with Crippen molar-refractivity contribution in [2.24, 2.45) is 0 Å². The molecule has 0 aliphatic heterocycles. The maximum Gasteiger partial charge on any atom is 0.416 e. The van der Waals surface area contributed by atoms with Crippen LogP contribution in [0.15, 0.2) is 34.7 Å². The average Bonchev–Trinajstić information content (AvgIpc) is 2.60. The smallest absolute Gasteiger partial charge is 0.355 e. The number of nitrogens with zero attached hydrogens (tertiary/aromatic N) is 1. The van der Waals surface area contributed by atoms with Gasteiger partial charge in [-0.2, -0.15) is 13.2 Å². The first-order chi connectivity index (χ1) is 12.3. The topological polar surface area (TPSA) is 72.2 Å². The van der Waals surface area contributed by atoms with Gasteiger partial charge >= 0.3 is 6.18 Å². The summed E-state index contributed by atoms with van der Waals surface area (Å²) in [4.78, 5) is 22.0. The van der Waals surface area contributed by atoms with Gasteiger partial charge in [0.2, 0.25) is 5.91 Å². The number of carbonyl (C=O) groups is 1. The summed E-state index contributed by atoms with van der Waals surface area (Å²) in [6.45, 7) is 0.486. The van der Waals surface area contributed by atoms with Gasteiger partial charge in [0.15, 0.2) is 0 Å². The molecule has 9 heteroatoms. The molecule has 5 nitrogen and oxygen atoms in total. The van der Waals surface area contributed by atoms with Crippen LogP contribution in [0, 0.1) is 10.1 Å². The van der Waals surface area contributed by atoms with Gasteiger partial charge in [-0.05, 0) is 44.2 Å². The van der Waals surface area contributed by atoms with Crippen molar-refractivity contribution in [3.63, 3.8) is 0 Å². The maximum absolute atomic E-state index is 12.7. The molecule has 142 valence electrons. The Hall–Kier alpha value is -2.03. The number of hydrogen-bond acceptors (Lipinski definition) is 4. The Morgan fingerprint density at radius 2 is 2.08 bits per heavy atom. The van der Waals surface area contributed by atoms with Gasteiger partial charge in [0.1, 0.15) is 0 Å². The summed E-state index contributed by atoms with van der Waals surface area (Å²) in [6.07, 6.45) is 2.77. The van der Waals surface area contributed by atoms with Crippen molar-refractivity contribution in [3.8, 4) is 0 Å². The van der Waals surface area contributed by atoms with Crippen LogP contribution in [0.2, 0.25) is 0 Å². The lowest BCUT2D eigenvalue weighted by atomic mass is 9.97. The van der Waals surface area contributed by atoms with Crippen LogP contribution in [-0.4, -0.2) is 23.1 Å². The number of nitrogens with one attached hydrogen (secondary N) is 1. The van der Waals surface area contributed by atoms with Crippen LogP contribution >= 0.6 is 11.8 Å². The van der Waals surface area contributed by atoms with E-state index >= 15 is 0 Å². The second kappa shape index (κ2) is 9.07. The first kappa shape index (κ1) is 20.3. The Bertz CT molecular complexity index is 705. The van der Waals surface area contributed by atoms with Gasteiger partial charge in [-0.15, -0.1) is 11.8 Å². The van der Waals surface area contributed by atoms with E-state index in [1.807, 2.05) is 0 Å². The Morgan fingerprint density at radius 1 is 1.31 bits per heavy atom. The molecule has 0 atom stereocenters. The summed E-state index contributed by atoms with van der Waals surface area (Å²) in [6, 6.07) is 2.31. The van der Waals surface area contributed by atoms with Crippen LogP contribution in [0.4, 0.5) is 18.9 Å². The van der Waals surface area contributed by atoms with E-state index in [0.717, 1.165) is 49.6 Å². The molecule has 26 heavy (non-hydrogen) atoms. The highest BCUT2D eigenvalue weighted by molar-refractivity contribution is 8.00. The molecule has 2 rings (SSSR count). The minimum Gasteiger partial charge on any atom is -0.355 e. The van der Waals surface area contributed by atoms with Crippen molar-refractivity contribution in [1.82, 2.24) is 5.32 Å². The van der Waals surface area contributed by atoms with Crippen molar-refractivity contribution < 1.29 is 22.9 Å².